The van der Waals surface area contributed by atoms with Gasteiger partial charge in [-0.3, -0.25) is 4.79 Å². The average molecular weight is 263 g/mol. The number of hydrogen-bond donors (Lipinski definition) is 1. The molecule has 0 saturated heterocycles. The largest absolute Gasteiger partial charge is 0.491 e. The van der Waals surface area contributed by atoms with E-state index in [-0.39, 0.29) is 18.7 Å². The molecule has 2 aliphatic heterocycles. The van der Waals surface area contributed by atoms with Crippen molar-refractivity contribution in [2.45, 2.75) is 6.10 Å². The van der Waals surface area contributed by atoms with Gasteiger partial charge in [-0.15, -0.1) is 0 Å². The number of ether oxygens (including phenoxy) is 3. The summed E-state index contributed by atoms with van der Waals surface area (Å²) in [5, 5.41) is 3.10. The van der Waals surface area contributed by atoms with Crippen LogP contribution >= 0.6 is 0 Å². The van der Waals surface area contributed by atoms with E-state index in [0.29, 0.717) is 6.61 Å². The minimum absolute atomic E-state index is 0.249. The van der Waals surface area contributed by atoms with Crippen LogP contribution in [0.4, 0.5) is 0 Å². The van der Waals surface area contributed by atoms with Gasteiger partial charge in [0.15, 0.2) is 6.10 Å². The van der Waals surface area contributed by atoms with Crippen molar-refractivity contribution >= 4 is 5.97 Å². The zero-order chi connectivity index (χ0) is 13.5. The first kappa shape index (κ1) is 13.4. The Morgan fingerprint density at radius 2 is 2.26 bits per heavy atom. The lowest BCUT2D eigenvalue weighted by Gasteiger charge is -2.20. The number of nitrogens with one attached hydrogen (secondary N) is 1. The molecule has 0 radical (unpaired) electrons. The quantitative estimate of drug-likeness (QED) is 0.598. The van der Waals surface area contributed by atoms with Gasteiger partial charge in [-0.1, -0.05) is 12.2 Å². The van der Waals surface area contributed by atoms with E-state index in [1.54, 1.807) is 19.4 Å². The molecular formula is C14H17NO4. The third-order valence-electron chi connectivity index (χ3n) is 2.79. The van der Waals surface area contributed by atoms with Crippen molar-refractivity contribution in [3.05, 3.63) is 48.5 Å². The molecule has 0 aromatic carbocycles. The maximum absolute atomic E-state index is 12.0. The summed E-state index contributed by atoms with van der Waals surface area (Å²) < 4.78 is 15.5. The van der Waals surface area contributed by atoms with Crippen LogP contribution < -0.4 is 5.32 Å². The Kier molecular flexibility index (Phi) is 4.80. The monoisotopic (exact) mass is 263 g/mol. The lowest BCUT2D eigenvalue weighted by molar-refractivity contribution is -0.149. The van der Waals surface area contributed by atoms with Crippen molar-refractivity contribution in [1.82, 2.24) is 5.32 Å². The van der Waals surface area contributed by atoms with Crippen molar-refractivity contribution < 1.29 is 19.0 Å². The Morgan fingerprint density at radius 1 is 1.37 bits per heavy atom. The molecule has 5 nitrogen and oxygen atoms in total. The molecule has 0 fully saturated rings. The smallest absolute Gasteiger partial charge is 0.317 e. The first-order chi connectivity index (χ1) is 9.33. The van der Waals surface area contributed by atoms with Gasteiger partial charge in [-0.2, -0.15) is 0 Å². The molecule has 0 spiro atoms. The summed E-state index contributed by atoms with van der Waals surface area (Å²) in [6.07, 6.45) is 12.2. The molecule has 0 aromatic heterocycles. The molecule has 0 amide bonds. The summed E-state index contributed by atoms with van der Waals surface area (Å²) in [5.74, 6) is -0.744. The van der Waals surface area contributed by atoms with Gasteiger partial charge in [0, 0.05) is 13.3 Å². The Labute approximate surface area is 112 Å². The summed E-state index contributed by atoms with van der Waals surface area (Å²) in [5.41, 5.74) is 0.823. The maximum Gasteiger partial charge on any atom is 0.317 e. The lowest BCUT2D eigenvalue weighted by Crippen LogP contribution is -2.32. The van der Waals surface area contributed by atoms with Crippen LogP contribution in [0.2, 0.25) is 0 Å². The molecular weight excluding hydrogens is 246 g/mol. The average Bonchev–Trinajstić information content (AvgIpc) is 2.75. The first-order valence-electron chi connectivity index (χ1n) is 6.10. The Hall–Kier alpha value is -2.01. The molecule has 5 heteroatoms. The molecule has 2 rings (SSSR count). The number of hydrogen-bond acceptors (Lipinski definition) is 5. The SMILES string of the molecule is COCCOC(=O)C1C=COC1C1=CC=CC=CN1. The van der Waals surface area contributed by atoms with Crippen LogP contribution in [0, 0.1) is 5.92 Å². The molecule has 2 heterocycles. The molecule has 19 heavy (non-hydrogen) atoms. The van der Waals surface area contributed by atoms with Crippen molar-refractivity contribution in [2.75, 3.05) is 20.3 Å². The predicted molar refractivity (Wildman–Crippen MR) is 69.8 cm³/mol. The van der Waals surface area contributed by atoms with Gasteiger partial charge in [-0.05, 0) is 18.2 Å². The zero-order valence-corrected chi connectivity index (χ0v) is 10.7. The van der Waals surface area contributed by atoms with Crippen LogP contribution in [0.15, 0.2) is 48.5 Å². The molecule has 1 N–H and O–H groups in total. The number of esters is 1. The summed E-state index contributed by atoms with van der Waals surface area (Å²) in [6, 6.07) is 0. The van der Waals surface area contributed by atoms with E-state index >= 15 is 0 Å². The zero-order valence-electron chi connectivity index (χ0n) is 10.7. The van der Waals surface area contributed by atoms with E-state index in [9.17, 15) is 4.79 Å². The molecule has 2 aliphatic rings. The van der Waals surface area contributed by atoms with Crippen molar-refractivity contribution in [1.29, 1.82) is 0 Å². The van der Waals surface area contributed by atoms with E-state index in [4.69, 9.17) is 14.2 Å². The number of allylic oxidation sites excluding steroid dienone is 4. The summed E-state index contributed by atoms with van der Waals surface area (Å²) in [4.78, 5) is 12.0. The van der Waals surface area contributed by atoms with Gasteiger partial charge in [0.2, 0.25) is 0 Å². The molecule has 0 bridgehead atoms. The van der Waals surface area contributed by atoms with Gasteiger partial charge in [-0.25, -0.2) is 0 Å². The van der Waals surface area contributed by atoms with E-state index < -0.39 is 5.92 Å². The number of carbonyl (C=O) groups excluding carboxylic acids is 1. The third kappa shape index (κ3) is 3.48. The second-order valence-electron chi connectivity index (χ2n) is 4.08. The number of rotatable bonds is 5. The highest BCUT2D eigenvalue weighted by atomic mass is 16.6. The highest BCUT2D eigenvalue weighted by Crippen LogP contribution is 2.24. The molecule has 102 valence electrons. The van der Waals surface area contributed by atoms with Crippen LogP contribution in [-0.4, -0.2) is 32.4 Å². The third-order valence-corrected chi connectivity index (χ3v) is 2.79. The Morgan fingerprint density at radius 3 is 3.11 bits per heavy atom. The second kappa shape index (κ2) is 6.80. The Balaban J connectivity index is 1.97. The van der Waals surface area contributed by atoms with Crippen LogP contribution in [0.25, 0.3) is 0 Å². The fourth-order valence-corrected chi connectivity index (χ4v) is 1.84. The maximum atomic E-state index is 12.0. The molecule has 0 aliphatic carbocycles. The van der Waals surface area contributed by atoms with E-state index in [1.807, 2.05) is 24.3 Å². The normalized spacial score (nSPS) is 24.4. The van der Waals surface area contributed by atoms with Gasteiger partial charge >= 0.3 is 5.97 Å². The van der Waals surface area contributed by atoms with Crippen LogP contribution in [-0.2, 0) is 19.0 Å². The lowest BCUT2D eigenvalue weighted by atomic mass is 10.0. The Bertz CT molecular complexity index is 437. The van der Waals surface area contributed by atoms with E-state index in [2.05, 4.69) is 5.32 Å². The minimum Gasteiger partial charge on any atom is -0.491 e. The van der Waals surface area contributed by atoms with Gasteiger partial charge in [0.1, 0.15) is 12.5 Å². The standard InChI is InChI=1S/C14H17NO4/c1-17-9-10-19-14(16)11-6-8-18-13(11)12-5-3-2-4-7-15-12/h2-8,11,13,15H,9-10H2,1H3. The summed E-state index contributed by atoms with van der Waals surface area (Å²) in [7, 11) is 1.56. The van der Waals surface area contributed by atoms with Crippen molar-refractivity contribution in [3.63, 3.8) is 0 Å². The van der Waals surface area contributed by atoms with E-state index in [0.717, 1.165) is 5.70 Å². The van der Waals surface area contributed by atoms with Gasteiger partial charge < -0.3 is 19.5 Å². The number of methoxy groups -OCH3 is 1. The molecule has 0 aromatic rings. The number of carbonyl (C=O) groups is 1. The molecule has 0 saturated carbocycles. The van der Waals surface area contributed by atoms with E-state index in [1.165, 1.54) is 6.26 Å². The molecule has 2 unspecified atom stereocenters. The summed E-state index contributed by atoms with van der Waals surface area (Å²) >= 11 is 0. The van der Waals surface area contributed by atoms with Gasteiger partial charge in [0.25, 0.3) is 0 Å². The van der Waals surface area contributed by atoms with Crippen LogP contribution in [0.5, 0.6) is 0 Å². The minimum atomic E-state index is -0.435. The highest BCUT2D eigenvalue weighted by Gasteiger charge is 2.34. The molecule has 2 atom stereocenters. The van der Waals surface area contributed by atoms with Gasteiger partial charge in [0.05, 0.1) is 18.6 Å². The predicted octanol–water partition coefficient (Wildman–Crippen LogP) is 1.26. The fraction of sp³-hybridized carbons (Fsp3) is 0.357. The van der Waals surface area contributed by atoms with Crippen LogP contribution in [0.1, 0.15) is 0 Å². The van der Waals surface area contributed by atoms with Crippen molar-refractivity contribution in [2.24, 2.45) is 5.92 Å². The first-order valence-corrected chi connectivity index (χ1v) is 6.10. The summed E-state index contributed by atoms with van der Waals surface area (Å²) in [6.45, 7) is 0.638. The van der Waals surface area contributed by atoms with Crippen molar-refractivity contribution in [3.8, 4) is 0 Å². The fourth-order valence-electron chi connectivity index (χ4n) is 1.84. The topological polar surface area (TPSA) is 56.8 Å². The second-order valence-corrected chi connectivity index (χ2v) is 4.08. The van der Waals surface area contributed by atoms with Crippen LogP contribution in [0.3, 0.4) is 0 Å². The highest BCUT2D eigenvalue weighted by molar-refractivity contribution is 5.76.